The molecule has 7 nitrogen and oxygen atoms in total. The van der Waals surface area contributed by atoms with Crippen molar-refractivity contribution in [3.05, 3.63) is 35.8 Å². The third-order valence-electron chi connectivity index (χ3n) is 6.12. The Morgan fingerprint density at radius 3 is 2.44 bits per heavy atom. The van der Waals surface area contributed by atoms with Crippen LogP contribution in [0.3, 0.4) is 0 Å². The number of aromatic nitrogens is 2. The monoisotopic (exact) mass is 441 g/mol. The predicted octanol–water partition coefficient (Wildman–Crippen LogP) is 4.25. The molecule has 1 aliphatic heterocycles. The third kappa shape index (κ3) is 6.19. The largest absolute Gasteiger partial charge is 0.492 e. The quantitative estimate of drug-likeness (QED) is 0.632. The molecule has 2 N–H and O–H groups in total. The van der Waals surface area contributed by atoms with Crippen LogP contribution in [0, 0.1) is 12.3 Å². The first-order valence-corrected chi connectivity index (χ1v) is 11.2. The molecule has 0 atom stereocenters. The van der Waals surface area contributed by atoms with Crippen LogP contribution in [-0.4, -0.2) is 51.4 Å². The summed E-state index contributed by atoms with van der Waals surface area (Å²) in [6.45, 7) is 12.1. The lowest BCUT2D eigenvalue weighted by Crippen LogP contribution is -2.38. The Labute approximate surface area is 190 Å². The molecule has 0 aliphatic carbocycles. The zero-order valence-electron chi connectivity index (χ0n) is 19.8. The zero-order valence-corrected chi connectivity index (χ0v) is 19.8. The van der Waals surface area contributed by atoms with Crippen LogP contribution >= 0.6 is 0 Å². The van der Waals surface area contributed by atoms with Crippen molar-refractivity contribution >= 4 is 11.7 Å². The van der Waals surface area contributed by atoms with Gasteiger partial charge in [-0.3, -0.25) is 14.8 Å². The first kappa shape index (κ1) is 24.0. The highest BCUT2D eigenvalue weighted by atomic mass is 16.5. The van der Waals surface area contributed by atoms with Crippen molar-refractivity contribution in [1.29, 1.82) is 0 Å². The molecule has 0 radical (unpaired) electrons. The Bertz CT molecular complexity index is 939. The van der Waals surface area contributed by atoms with E-state index in [-0.39, 0.29) is 11.8 Å². The van der Waals surface area contributed by atoms with Crippen LogP contribution in [0.5, 0.6) is 5.75 Å². The van der Waals surface area contributed by atoms with E-state index in [9.17, 15) is 15.0 Å². The second-order valence-electron chi connectivity index (χ2n) is 10.1. The number of carboxylic acid groups (broad SMARTS) is 1. The maximum Gasteiger partial charge on any atom is 0.307 e. The van der Waals surface area contributed by atoms with Crippen LogP contribution in [0.1, 0.15) is 58.2 Å². The summed E-state index contributed by atoms with van der Waals surface area (Å²) in [6.07, 6.45) is 6.00. The van der Waals surface area contributed by atoms with Crippen molar-refractivity contribution in [2.45, 2.75) is 65.9 Å². The van der Waals surface area contributed by atoms with Crippen molar-refractivity contribution in [2.24, 2.45) is 5.41 Å². The molecule has 0 bridgehead atoms. The molecule has 0 spiro atoms. The van der Waals surface area contributed by atoms with E-state index >= 15 is 0 Å². The molecular weight excluding hydrogens is 406 g/mol. The lowest BCUT2D eigenvalue weighted by Gasteiger charge is -2.40. The molecule has 1 fully saturated rings. The predicted molar refractivity (Wildman–Crippen MR) is 125 cm³/mol. The number of hydrogen-bond donors (Lipinski definition) is 2. The number of ether oxygens (including phenoxy) is 1. The molecule has 0 unspecified atom stereocenters. The fourth-order valence-corrected chi connectivity index (χ4v) is 3.93. The standard InChI is InChI=1S/C25H35N3O4/c1-17-19(14-22(29)30)23(28-11-8-24(2,3)9-12-28)20(16-26-17)21-7-6-18(15-27-21)32-13-10-25(4,5)31/h6-7,15-16,31H,8-14H2,1-5H3,(H,29,30). The van der Waals surface area contributed by atoms with Crippen LogP contribution in [-0.2, 0) is 11.2 Å². The van der Waals surface area contributed by atoms with E-state index in [0.717, 1.165) is 54.1 Å². The van der Waals surface area contributed by atoms with Gasteiger partial charge in [0.2, 0.25) is 0 Å². The zero-order chi connectivity index (χ0) is 23.5. The lowest BCUT2D eigenvalue weighted by molar-refractivity contribution is -0.136. The van der Waals surface area contributed by atoms with Gasteiger partial charge in [-0.25, -0.2) is 0 Å². The fraction of sp³-hybridized carbons (Fsp3) is 0.560. The minimum atomic E-state index is -0.867. The molecular formula is C25H35N3O4. The Hall–Kier alpha value is -2.67. The number of pyridine rings is 2. The van der Waals surface area contributed by atoms with Gasteiger partial charge in [-0.2, -0.15) is 0 Å². The average molecular weight is 442 g/mol. The first-order chi connectivity index (χ1) is 15.0. The van der Waals surface area contributed by atoms with Crippen LogP contribution in [0.25, 0.3) is 11.3 Å². The summed E-state index contributed by atoms with van der Waals surface area (Å²) in [6, 6.07) is 3.74. The molecule has 2 aromatic heterocycles. The molecule has 1 saturated heterocycles. The number of anilines is 1. The average Bonchev–Trinajstić information content (AvgIpc) is 2.69. The molecule has 2 aromatic rings. The van der Waals surface area contributed by atoms with Gasteiger partial charge in [0.25, 0.3) is 0 Å². The minimum Gasteiger partial charge on any atom is -0.492 e. The number of aliphatic carboxylic acids is 1. The Morgan fingerprint density at radius 2 is 1.88 bits per heavy atom. The highest BCUT2D eigenvalue weighted by Gasteiger charge is 2.29. The topological polar surface area (TPSA) is 95.8 Å². The summed E-state index contributed by atoms with van der Waals surface area (Å²) in [5.74, 6) is -0.237. The number of carbonyl (C=O) groups is 1. The maximum absolute atomic E-state index is 11.6. The summed E-state index contributed by atoms with van der Waals surface area (Å²) in [4.78, 5) is 23.0. The number of nitrogens with zero attached hydrogens (tertiary/aromatic N) is 3. The molecule has 3 rings (SSSR count). The number of hydrogen-bond acceptors (Lipinski definition) is 6. The fourth-order valence-electron chi connectivity index (χ4n) is 3.93. The van der Waals surface area contributed by atoms with Gasteiger partial charge < -0.3 is 19.8 Å². The van der Waals surface area contributed by atoms with E-state index in [0.29, 0.717) is 18.8 Å². The number of rotatable bonds is 8. The maximum atomic E-state index is 11.6. The summed E-state index contributed by atoms with van der Waals surface area (Å²) in [7, 11) is 0. The van der Waals surface area contributed by atoms with Crippen molar-refractivity contribution < 1.29 is 19.7 Å². The van der Waals surface area contributed by atoms with Crippen LogP contribution in [0.15, 0.2) is 24.5 Å². The van der Waals surface area contributed by atoms with E-state index in [4.69, 9.17) is 4.74 Å². The van der Waals surface area contributed by atoms with Crippen LogP contribution in [0.2, 0.25) is 0 Å². The highest BCUT2D eigenvalue weighted by Crippen LogP contribution is 2.39. The normalized spacial score (nSPS) is 16.1. The van der Waals surface area contributed by atoms with E-state index in [2.05, 4.69) is 28.7 Å². The number of carboxylic acids is 1. The van der Waals surface area contributed by atoms with E-state index in [1.807, 2.05) is 19.1 Å². The van der Waals surface area contributed by atoms with E-state index in [1.165, 1.54) is 0 Å². The second kappa shape index (κ2) is 9.45. The van der Waals surface area contributed by atoms with Crippen molar-refractivity contribution in [3.63, 3.8) is 0 Å². The van der Waals surface area contributed by atoms with Gasteiger partial charge in [0.1, 0.15) is 5.75 Å². The molecule has 3 heterocycles. The van der Waals surface area contributed by atoms with Gasteiger partial charge in [-0.05, 0) is 51.2 Å². The Morgan fingerprint density at radius 1 is 1.19 bits per heavy atom. The minimum absolute atomic E-state index is 0.0694. The van der Waals surface area contributed by atoms with Gasteiger partial charge in [0.15, 0.2) is 0 Å². The molecule has 7 heteroatoms. The van der Waals surface area contributed by atoms with Gasteiger partial charge in [-0.1, -0.05) is 13.8 Å². The molecule has 0 saturated carbocycles. The lowest BCUT2D eigenvalue weighted by atomic mass is 9.82. The Balaban J connectivity index is 1.92. The summed E-state index contributed by atoms with van der Waals surface area (Å²) < 4.78 is 5.71. The number of aryl methyl sites for hydroxylation is 1. The summed E-state index contributed by atoms with van der Waals surface area (Å²) in [5.41, 5.74) is 3.50. The Kier molecular flexibility index (Phi) is 7.08. The van der Waals surface area contributed by atoms with Crippen molar-refractivity contribution in [1.82, 2.24) is 9.97 Å². The highest BCUT2D eigenvalue weighted by molar-refractivity contribution is 5.83. The van der Waals surface area contributed by atoms with Crippen molar-refractivity contribution in [3.8, 4) is 17.0 Å². The van der Waals surface area contributed by atoms with E-state index < -0.39 is 11.6 Å². The molecule has 32 heavy (non-hydrogen) atoms. The molecule has 0 amide bonds. The van der Waals surface area contributed by atoms with Gasteiger partial charge >= 0.3 is 5.97 Å². The molecule has 174 valence electrons. The van der Waals surface area contributed by atoms with Crippen LogP contribution in [0.4, 0.5) is 5.69 Å². The molecule has 1 aliphatic rings. The first-order valence-electron chi connectivity index (χ1n) is 11.2. The molecule has 0 aromatic carbocycles. The SMILES string of the molecule is Cc1ncc(-c2ccc(OCCC(C)(C)O)cn2)c(N2CCC(C)(C)CC2)c1CC(=O)O. The van der Waals surface area contributed by atoms with Gasteiger partial charge in [0, 0.05) is 42.5 Å². The van der Waals surface area contributed by atoms with Gasteiger partial charge in [0.05, 0.1) is 36.2 Å². The summed E-state index contributed by atoms with van der Waals surface area (Å²) in [5, 5.41) is 19.4. The second-order valence-corrected chi connectivity index (χ2v) is 10.1. The van der Waals surface area contributed by atoms with Crippen molar-refractivity contribution in [2.75, 3.05) is 24.6 Å². The summed E-state index contributed by atoms with van der Waals surface area (Å²) >= 11 is 0. The van der Waals surface area contributed by atoms with Crippen LogP contribution < -0.4 is 9.64 Å². The number of aliphatic hydroxyl groups is 1. The third-order valence-corrected chi connectivity index (χ3v) is 6.12. The smallest absolute Gasteiger partial charge is 0.307 e. The number of piperidine rings is 1. The van der Waals surface area contributed by atoms with E-state index in [1.54, 1.807) is 26.2 Å². The van der Waals surface area contributed by atoms with Gasteiger partial charge in [-0.15, -0.1) is 0 Å².